The van der Waals surface area contributed by atoms with Gasteiger partial charge in [-0.05, 0) is 29.3 Å². The third-order valence-electron chi connectivity index (χ3n) is 1.65. The number of carbonyl (C=O) groups excluding carboxylic acids is 2. The molecule has 0 heterocycles. The second-order valence-electron chi connectivity index (χ2n) is 2.87. The lowest BCUT2D eigenvalue weighted by Gasteiger charge is -1.98. The maximum Gasteiger partial charge on any atom is 0.229 e. The fourth-order valence-electron chi connectivity index (χ4n) is 1.05. The molecule has 0 spiro atoms. The van der Waals surface area contributed by atoms with Crippen LogP contribution in [0.5, 0.6) is 0 Å². The van der Waals surface area contributed by atoms with Crippen molar-refractivity contribution in [2.24, 2.45) is 0 Å². The van der Waals surface area contributed by atoms with Crippen molar-refractivity contribution in [3.63, 3.8) is 0 Å². The van der Waals surface area contributed by atoms with Gasteiger partial charge in [0.1, 0.15) is 5.78 Å². The molecular weight excluding hydrogens is 223 g/mol. The monoisotopic (exact) mass is 230 g/mol. The average molecular weight is 231 g/mol. The summed E-state index contributed by atoms with van der Waals surface area (Å²) in [6.07, 6.45) is -0.000188. The highest BCUT2D eigenvalue weighted by Gasteiger charge is 2.07. The molecule has 4 heteroatoms. The SMILES string of the molecule is O=C(Cl)CC(=O)Cc1ccc(Cl)cc1. The van der Waals surface area contributed by atoms with Gasteiger partial charge in [-0.1, -0.05) is 23.7 Å². The van der Waals surface area contributed by atoms with Crippen molar-refractivity contribution >= 4 is 34.2 Å². The van der Waals surface area contributed by atoms with E-state index in [1.54, 1.807) is 24.3 Å². The zero-order valence-corrected chi connectivity index (χ0v) is 8.81. The third-order valence-corrected chi connectivity index (χ3v) is 2.04. The summed E-state index contributed by atoms with van der Waals surface area (Å²) < 4.78 is 0. The minimum Gasteiger partial charge on any atom is -0.299 e. The van der Waals surface area contributed by atoms with Gasteiger partial charge >= 0.3 is 0 Å². The van der Waals surface area contributed by atoms with Gasteiger partial charge in [-0.25, -0.2) is 0 Å². The van der Waals surface area contributed by atoms with Crippen molar-refractivity contribution in [3.05, 3.63) is 34.9 Å². The van der Waals surface area contributed by atoms with Gasteiger partial charge in [-0.15, -0.1) is 0 Å². The van der Waals surface area contributed by atoms with Crippen LogP contribution in [-0.4, -0.2) is 11.0 Å². The molecule has 74 valence electrons. The lowest BCUT2D eigenvalue weighted by molar-refractivity contribution is -0.123. The van der Waals surface area contributed by atoms with E-state index in [9.17, 15) is 9.59 Å². The number of hydrogen-bond donors (Lipinski definition) is 0. The molecule has 0 bridgehead atoms. The van der Waals surface area contributed by atoms with E-state index in [-0.39, 0.29) is 18.6 Å². The first-order valence-electron chi connectivity index (χ1n) is 4.02. The topological polar surface area (TPSA) is 34.1 Å². The number of benzene rings is 1. The van der Waals surface area contributed by atoms with Crippen molar-refractivity contribution < 1.29 is 9.59 Å². The van der Waals surface area contributed by atoms with Crippen LogP contribution in [0.3, 0.4) is 0 Å². The number of carbonyl (C=O) groups is 2. The Labute approximate surface area is 91.8 Å². The van der Waals surface area contributed by atoms with Gasteiger partial charge in [-0.3, -0.25) is 9.59 Å². The molecule has 1 rings (SSSR count). The van der Waals surface area contributed by atoms with Crippen LogP contribution in [0.1, 0.15) is 12.0 Å². The number of Topliss-reactive ketones (excluding diaryl/α,β-unsaturated/α-hetero) is 1. The fraction of sp³-hybridized carbons (Fsp3) is 0.200. The van der Waals surface area contributed by atoms with E-state index in [0.717, 1.165) is 5.56 Å². The highest BCUT2D eigenvalue weighted by atomic mass is 35.5. The molecule has 0 aliphatic carbocycles. The summed E-state index contributed by atoms with van der Waals surface area (Å²) in [5, 5.41) is -0.00131. The number of ketones is 1. The number of hydrogen-bond acceptors (Lipinski definition) is 2. The largest absolute Gasteiger partial charge is 0.299 e. The summed E-state index contributed by atoms with van der Waals surface area (Å²) in [4.78, 5) is 21.6. The van der Waals surface area contributed by atoms with E-state index in [1.165, 1.54) is 0 Å². The predicted molar refractivity (Wildman–Crippen MR) is 55.6 cm³/mol. The molecular formula is C10H8Cl2O2. The highest BCUT2D eigenvalue weighted by molar-refractivity contribution is 6.64. The van der Waals surface area contributed by atoms with E-state index < -0.39 is 5.24 Å². The minimum absolute atomic E-state index is 0.188. The molecule has 0 amide bonds. The van der Waals surface area contributed by atoms with Crippen molar-refractivity contribution in [1.82, 2.24) is 0 Å². The summed E-state index contributed by atoms with van der Waals surface area (Å²) in [6, 6.07) is 6.90. The molecule has 0 fully saturated rings. The highest BCUT2D eigenvalue weighted by Crippen LogP contribution is 2.10. The molecule has 0 aromatic heterocycles. The first kappa shape index (κ1) is 11.2. The predicted octanol–water partition coefficient (Wildman–Crippen LogP) is 2.61. The Bertz CT molecular complexity index is 344. The first-order valence-corrected chi connectivity index (χ1v) is 4.78. The van der Waals surface area contributed by atoms with Crippen LogP contribution in [0.2, 0.25) is 5.02 Å². The van der Waals surface area contributed by atoms with Crippen LogP contribution in [0, 0.1) is 0 Å². The maximum atomic E-state index is 11.2. The average Bonchev–Trinajstić information content (AvgIpc) is 2.07. The molecule has 0 saturated carbocycles. The van der Waals surface area contributed by atoms with Crippen LogP contribution >= 0.6 is 23.2 Å². The normalized spacial score (nSPS) is 9.86. The molecule has 1 aromatic rings. The van der Waals surface area contributed by atoms with Gasteiger partial charge < -0.3 is 0 Å². The summed E-state index contributed by atoms with van der Waals surface area (Å²) in [5.74, 6) is -0.188. The van der Waals surface area contributed by atoms with E-state index in [4.69, 9.17) is 23.2 Å². The molecule has 0 aliphatic heterocycles. The standard InChI is InChI=1S/C10H8Cl2O2/c11-8-3-1-7(2-4-8)5-9(13)6-10(12)14/h1-4H,5-6H2. The smallest absolute Gasteiger partial charge is 0.229 e. The van der Waals surface area contributed by atoms with Crippen LogP contribution in [0.25, 0.3) is 0 Å². The van der Waals surface area contributed by atoms with Crippen LogP contribution < -0.4 is 0 Å². The molecule has 0 aliphatic rings. The molecule has 0 saturated heterocycles. The van der Waals surface area contributed by atoms with Gasteiger partial charge in [-0.2, -0.15) is 0 Å². The second kappa shape index (κ2) is 5.13. The van der Waals surface area contributed by atoms with Crippen LogP contribution in [0.15, 0.2) is 24.3 Å². The Hall–Kier alpha value is -0.860. The van der Waals surface area contributed by atoms with Crippen molar-refractivity contribution in [1.29, 1.82) is 0 Å². The number of halogens is 2. The van der Waals surface area contributed by atoms with E-state index in [2.05, 4.69) is 0 Å². The molecule has 1 aromatic carbocycles. The van der Waals surface area contributed by atoms with Crippen LogP contribution in [-0.2, 0) is 16.0 Å². The van der Waals surface area contributed by atoms with E-state index in [0.29, 0.717) is 5.02 Å². The molecule has 0 atom stereocenters. The van der Waals surface area contributed by atoms with E-state index in [1.807, 2.05) is 0 Å². The van der Waals surface area contributed by atoms with Gasteiger partial charge in [0.2, 0.25) is 5.24 Å². The summed E-state index contributed by atoms with van der Waals surface area (Å²) in [7, 11) is 0. The van der Waals surface area contributed by atoms with E-state index >= 15 is 0 Å². The molecule has 2 nitrogen and oxygen atoms in total. The quantitative estimate of drug-likeness (QED) is 0.589. The molecule has 0 N–H and O–H groups in total. The Morgan fingerprint density at radius 2 is 1.71 bits per heavy atom. The summed E-state index contributed by atoms with van der Waals surface area (Å²) in [6.45, 7) is 0. The fourth-order valence-corrected chi connectivity index (χ4v) is 1.32. The van der Waals surface area contributed by atoms with Gasteiger partial charge in [0.25, 0.3) is 0 Å². The Morgan fingerprint density at radius 1 is 1.14 bits per heavy atom. The van der Waals surface area contributed by atoms with Crippen molar-refractivity contribution in [3.8, 4) is 0 Å². The minimum atomic E-state index is -0.621. The Balaban J connectivity index is 2.56. The molecule has 0 unspecified atom stereocenters. The lowest BCUT2D eigenvalue weighted by atomic mass is 10.1. The lowest BCUT2D eigenvalue weighted by Crippen LogP contribution is -2.05. The summed E-state index contributed by atoms with van der Waals surface area (Å²) in [5.41, 5.74) is 0.831. The number of rotatable bonds is 4. The Morgan fingerprint density at radius 3 is 2.21 bits per heavy atom. The zero-order valence-electron chi connectivity index (χ0n) is 7.30. The molecule has 0 radical (unpaired) electrons. The van der Waals surface area contributed by atoms with Gasteiger partial charge in [0.15, 0.2) is 0 Å². The van der Waals surface area contributed by atoms with Gasteiger partial charge in [0, 0.05) is 11.4 Å². The second-order valence-corrected chi connectivity index (χ2v) is 3.73. The van der Waals surface area contributed by atoms with Crippen molar-refractivity contribution in [2.45, 2.75) is 12.8 Å². The summed E-state index contributed by atoms with van der Waals surface area (Å²) >= 11 is 10.8. The molecule has 14 heavy (non-hydrogen) atoms. The van der Waals surface area contributed by atoms with Crippen LogP contribution in [0.4, 0.5) is 0 Å². The maximum absolute atomic E-state index is 11.2. The Kier molecular flexibility index (Phi) is 4.11. The third kappa shape index (κ3) is 3.90. The zero-order chi connectivity index (χ0) is 10.6. The first-order chi connectivity index (χ1) is 6.58. The van der Waals surface area contributed by atoms with Crippen molar-refractivity contribution in [2.75, 3.05) is 0 Å². The van der Waals surface area contributed by atoms with Gasteiger partial charge in [0.05, 0.1) is 6.42 Å².